The SMILES string of the molecule is Cc1cc([C@@H](C)Nc2ccc(Cl)nc2C(=O)O)c2nc(N3CCC(n4cc(C)cn4)CC3)c(C#N)nc2c1. The van der Waals surface area contributed by atoms with Gasteiger partial charge in [0.05, 0.1) is 35.0 Å². The van der Waals surface area contributed by atoms with E-state index >= 15 is 0 Å². The van der Waals surface area contributed by atoms with Crippen LogP contribution in [0, 0.1) is 25.2 Å². The molecule has 1 saturated heterocycles. The van der Waals surface area contributed by atoms with Crippen molar-refractivity contribution in [1.29, 1.82) is 5.26 Å². The maximum Gasteiger partial charge on any atom is 0.356 e. The van der Waals surface area contributed by atoms with Crippen LogP contribution < -0.4 is 10.2 Å². The minimum absolute atomic E-state index is 0.104. The van der Waals surface area contributed by atoms with Crippen LogP contribution >= 0.6 is 11.6 Å². The van der Waals surface area contributed by atoms with Gasteiger partial charge in [-0.15, -0.1) is 0 Å². The third kappa shape index (κ3) is 4.97. The summed E-state index contributed by atoms with van der Waals surface area (Å²) in [6.45, 7) is 7.36. The van der Waals surface area contributed by atoms with E-state index in [1.165, 1.54) is 0 Å². The lowest BCUT2D eigenvalue weighted by Gasteiger charge is -2.33. The number of benzene rings is 1. The molecule has 1 aliphatic rings. The van der Waals surface area contributed by atoms with Gasteiger partial charge in [-0.05, 0) is 62.9 Å². The molecule has 1 aliphatic heterocycles. The van der Waals surface area contributed by atoms with Gasteiger partial charge >= 0.3 is 5.97 Å². The highest BCUT2D eigenvalue weighted by atomic mass is 35.5. The maximum atomic E-state index is 11.7. The molecular formula is C27H27ClN8O2. The van der Waals surface area contributed by atoms with Gasteiger partial charge in [0.1, 0.15) is 11.2 Å². The predicted octanol–water partition coefficient (Wildman–Crippen LogP) is 5.08. The summed E-state index contributed by atoms with van der Waals surface area (Å²) in [5.74, 6) is -0.613. The van der Waals surface area contributed by atoms with Gasteiger partial charge in [0.2, 0.25) is 0 Å². The number of nitriles is 1. The molecule has 4 heterocycles. The minimum atomic E-state index is -1.18. The number of hydrogen-bond donors (Lipinski definition) is 2. The molecule has 10 nitrogen and oxygen atoms in total. The monoisotopic (exact) mass is 530 g/mol. The lowest BCUT2D eigenvalue weighted by molar-refractivity contribution is 0.0691. The number of piperidine rings is 1. The smallest absolute Gasteiger partial charge is 0.356 e. The topological polar surface area (TPSA) is 133 Å². The Morgan fingerprint density at radius 3 is 2.61 bits per heavy atom. The molecule has 1 atom stereocenters. The van der Waals surface area contributed by atoms with E-state index in [4.69, 9.17) is 16.6 Å². The summed E-state index contributed by atoms with van der Waals surface area (Å²) in [6, 6.07) is 9.25. The first-order valence-corrected chi connectivity index (χ1v) is 12.8. The Morgan fingerprint density at radius 1 is 1.18 bits per heavy atom. The zero-order valence-electron chi connectivity index (χ0n) is 21.3. The van der Waals surface area contributed by atoms with E-state index in [-0.39, 0.29) is 22.6 Å². The number of aromatic carboxylic acids is 1. The van der Waals surface area contributed by atoms with Crippen molar-refractivity contribution in [1.82, 2.24) is 24.7 Å². The van der Waals surface area contributed by atoms with Crippen LogP contribution in [0.15, 0.2) is 36.7 Å². The molecule has 194 valence electrons. The summed E-state index contributed by atoms with van der Waals surface area (Å²) >= 11 is 5.92. The van der Waals surface area contributed by atoms with Crippen LogP contribution in [-0.4, -0.2) is 48.9 Å². The van der Waals surface area contributed by atoms with Crippen LogP contribution in [0.3, 0.4) is 0 Å². The van der Waals surface area contributed by atoms with Gasteiger partial charge in [-0.1, -0.05) is 17.7 Å². The Labute approximate surface area is 224 Å². The molecule has 0 unspecified atom stereocenters. The van der Waals surface area contributed by atoms with Crippen molar-refractivity contribution in [3.8, 4) is 6.07 Å². The number of carboxylic acid groups (broad SMARTS) is 1. The van der Waals surface area contributed by atoms with Crippen molar-refractivity contribution in [3.63, 3.8) is 0 Å². The normalized spacial score (nSPS) is 14.9. The molecule has 2 N–H and O–H groups in total. The van der Waals surface area contributed by atoms with Gasteiger partial charge in [0.15, 0.2) is 17.2 Å². The number of nitrogens with zero attached hydrogens (tertiary/aromatic N) is 7. The number of aryl methyl sites for hydroxylation is 2. The van der Waals surface area contributed by atoms with E-state index in [1.807, 2.05) is 43.8 Å². The average molecular weight is 531 g/mol. The average Bonchev–Trinajstić information content (AvgIpc) is 3.34. The van der Waals surface area contributed by atoms with Crippen LogP contribution in [-0.2, 0) is 0 Å². The number of aromatic nitrogens is 5. The molecular weight excluding hydrogens is 504 g/mol. The van der Waals surface area contributed by atoms with Crippen molar-refractivity contribution in [3.05, 3.63) is 69.9 Å². The molecule has 1 fully saturated rings. The molecule has 0 radical (unpaired) electrons. The first kappa shape index (κ1) is 25.4. The Kier molecular flexibility index (Phi) is 6.87. The van der Waals surface area contributed by atoms with Crippen LogP contribution in [0.5, 0.6) is 0 Å². The fourth-order valence-electron chi connectivity index (χ4n) is 4.95. The van der Waals surface area contributed by atoms with Gasteiger partial charge in [0, 0.05) is 24.8 Å². The van der Waals surface area contributed by atoms with E-state index in [0.717, 1.165) is 42.6 Å². The van der Waals surface area contributed by atoms with E-state index in [0.29, 0.717) is 28.6 Å². The van der Waals surface area contributed by atoms with Crippen LogP contribution in [0.25, 0.3) is 11.0 Å². The number of carbonyl (C=O) groups is 1. The highest BCUT2D eigenvalue weighted by molar-refractivity contribution is 6.29. The molecule has 3 aromatic heterocycles. The van der Waals surface area contributed by atoms with E-state index in [2.05, 4.69) is 37.5 Å². The van der Waals surface area contributed by atoms with E-state index in [1.54, 1.807) is 12.1 Å². The summed E-state index contributed by atoms with van der Waals surface area (Å²) in [5, 5.41) is 27.3. The quantitative estimate of drug-likeness (QED) is 0.327. The Hall–Kier alpha value is -4.23. The number of anilines is 2. The van der Waals surface area contributed by atoms with E-state index < -0.39 is 5.97 Å². The van der Waals surface area contributed by atoms with Gasteiger partial charge < -0.3 is 15.3 Å². The second-order valence-corrected chi connectivity index (χ2v) is 10.0. The number of rotatable bonds is 6. The Balaban J connectivity index is 1.48. The van der Waals surface area contributed by atoms with Crippen LogP contribution in [0.4, 0.5) is 11.5 Å². The summed E-state index contributed by atoms with van der Waals surface area (Å²) in [7, 11) is 0. The highest BCUT2D eigenvalue weighted by Crippen LogP contribution is 2.32. The second-order valence-electron chi connectivity index (χ2n) is 9.65. The number of pyridine rings is 1. The Morgan fingerprint density at radius 2 is 1.95 bits per heavy atom. The fraction of sp³-hybridized carbons (Fsp3) is 0.333. The van der Waals surface area contributed by atoms with Crippen molar-refractivity contribution >= 4 is 40.1 Å². The minimum Gasteiger partial charge on any atom is -0.476 e. The number of carboxylic acids is 1. The van der Waals surface area contributed by atoms with Crippen molar-refractivity contribution in [2.75, 3.05) is 23.3 Å². The summed E-state index contributed by atoms with van der Waals surface area (Å²) in [6.07, 6.45) is 5.69. The number of hydrogen-bond acceptors (Lipinski definition) is 8. The summed E-state index contributed by atoms with van der Waals surface area (Å²) in [4.78, 5) is 27.5. The molecule has 11 heteroatoms. The molecule has 0 bridgehead atoms. The first-order chi connectivity index (χ1) is 18.2. The lowest BCUT2D eigenvalue weighted by atomic mass is 10.0. The van der Waals surface area contributed by atoms with Gasteiger partial charge in [0.25, 0.3) is 0 Å². The number of fused-ring (bicyclic) bond motifs is 1. The van der Waals surface area contributed by atoms with Gasteiger partial charge in [-0.3, -0.25) is 4.68 Å². The fourth-order valence-corrected chi connectivity index (χ4v) is 5.10. The summed E-state index contributed by atoms with van der Waals surface area (Å²) < 4.78 is 2.02. The second kappa shape index (κ2) is 10.3. The molecule has 4 aromatic rings. The number of nitrogens with one attached hydrogen (secondary N) is 1. The summed E-state index contributed by atoms with van der Waals surface area (Å²) in [5.41, 5.74) is 4.68. The van der Waals surface area contributed by atoms with Crippen molar-refractivity contribution < 1.29 is 9.90 Å². The standard InChI is InChI=1S/C27H27ClN8O2/c1-15-10-19(17(3)31-20-4-5-23(28)33-25(20)27(37)38)24-21(11-15)32-22(12-29)26(34-24)35-8-6-18(7-9-35)36-14-16(2)13-30-36/h4-5,10-11,13-14,17-18,31H,6-9H2,1-3H3,(H,37,38)/t17-/m1/s1. The van der Waals surface area contributed by atoms with Crippen molar-refractivity contribution in [2.45, 2.75) is 45.7 Å². The zero-order valence-corrected chi connectivity index (χ0v) is 22.1. The molecule has 1 aromatic carbocycles. The van der Waals surface area contributed by atoms with Crippen LogP contribution in [0.2, 0.25) is 5.15 Å². The van der Waals surface area contributed by atoms with E-state index in [9.17, 15) is 15.2 Å². The van der Waals surface area contributed by atoms with Gasteiger partial charge in [-0.2, -0.15) is 10.4 Å². The Bertz CT molecular complexity index is 1570. The highest BCUT2D eigenvalue weighted by Gasteiger charge is 2.26. The van der Waals surface area contributed by atoms with Gasteiger partial charge in [-0.25, -0.2) is 19.7 Å². The largest absolute Gasteiger partial charge is 0.476 e. The third-order valence-corrected chi connectivity index (χ3v) is 7.01. The first-order valence-electron chi connectivity index (χ1n) is 12.4. The molecule has 0 saturated carbocycles. The molecule has 0 spiro atoms. The molecule has 38 heavy (non-hydrogen) atoms. The van der Waals surface area contributed by atoms with Crippen LogP contribution in [0.1, 0.15) is 64.7 Å². The lowest BCUT2D eigenvalue weighted by Crippen LogP contribution is -2.36. The molecule has 0 amide bonds. The molecule has 5 rings (SSSR count). The van der Waals surface area contributed by atoms with Crippen molar-refractivity contribution in [2.24, 2.45) is 0 Å². The number of halogens is 1. The maximum absolute atomic E-state index is 11.7. The predicted molar refractivity (Wildman–Crippen MR) is 145 cm³/mol. The molecule has 0 aliphatic carbocycles. The third-order valence-electron chi connectivity index (χ3n) is 6.80. The zero-order chi connectivity index (χ0) is 27.0.